The zero-order valence-corrected chi connectivity index (χ0v) is 14.9. The van der Waals surface area contributed by atoms with Gasteiger partial charge in [0.05, 0.1) is 18.3 Å². The molecule has 3 aliphatic heterocycles. The number of aliphatic carboxylic acids is 1. The van der Waals surface area contributed by atoms with Crippen molar-refractivity contribution in [3.63, 3.8) is 0 Å². The number of rotatable bonds is 11. The summed E-state index contributed by atoms with van der Waals surface area (Å²) in [4.78, 5) is 10.5. The Hall–Kier alpha value is -1.43. The van der Waals surface area contributed by atoms with Gasteiger partial charge in [-0.25, -0.2) is 0 Å². The number of unbranched alkanes of at least 4 members (excludes halogenated alkanes) is 1. The van der Waals surface area contributed by atoms with Crippen molar-refractivity contribution in [1.29, 1.82) is 0 Å². The molecule has 0 aliphatic carbocycles. The molecule has 3 unspecified atom stereocenters. The monoisotopic (exact) mass is 350 g/mol. The Morgan fingerprint density at radius 3 is 2.76 bits per heavy atom. The van der Waals surface area contributed by atoms with Gasteiger partial charge in [0.15, 0.2) is 6.29 Å². The van der Waals surface area contributed by atoms with Crippen LogP contribution in [0.3, 0.4) is 0 Å². The fraction of sp³-hybridized carbons (Fsp3) is 0.650. The molecule has 0 saturated carbocycles. The molecule has 140 valence electrons. The van der Waals surface area contributed by atoms with Crippen molar-refractivity contribution < 1.29 is 24.5 Å². The van der Waals surface area contributed by atoms with Crippen molar-refractivity contribution >= 4 is 5.97 Å². The lowest BCUT2D eigenvalue weighted by Crippen LogP contribution is -2.55. The van der Waals surface area contributed by atoms with E-state index in [4.69, 9.17) is 14.6 Å². The van der Waals surface area contributed by atoms with Crippen LogP contribution in [0.5, 0.6) is 0 Å². The normalized spacial score (nSPS) is 30.2. The second kappa shape index (κ2) is 10.5. The molecule has 5 heteroatoms. The molecule has 5 atom stereocenters. The van der Waals surface area contributed by atoms with Gasteiger partial charge in [-0.3, -0.25) is 4.79 Å². The fourth-order valence-corrected chi connectivity index (χ4v) is 3.16. The van der Waals surface area contributed by atoms with Crippen LogP contribution in [0, 0.1) is 5.92 Å². The van der Waals surface area contributed by atoms with Gasteiger partial charge in [-0.05, 0) is 32.1 Å². The molecular weight excluding hydrogens is 320 g/mol. The molecule has 2 bridgehead atoms. The van der Waals surface area contributed by atoms with Crippen LogP contribution in [0.4, 0.5) is 0 Å². The van der Waals surface area contributed by atoms with Gasteiger partial charge in [-0.1, -0.05) is 43.4 Å². The van der Waals surface area contributed by atoms with Crippen LogP contribution < -0.4 is 0 Å². The molecule has 2 N–H and O–H groups in total. The lowest BCUT2D eigenvalue weighted by molar-refractivity contribution is -0.337. The second-order valence-electron chi connectivity index (χ2n) is 6.67. The summed E-state index contributed by atoms with van der Waals surface area (Å²) in [5, 5.41) is 18.6. The van der Waals surface area contributed by atoms with Crippen molar-refractivity contribution in [1.82, 2.24) is 0 Å². The molecule has 0 aromatic carbocycles. The SMILES string of the molecule is CC/C=C/CC(O)/C=C/C1O[C@@H]2C[C@@H](O2)C1C/C=C\CCCC(=O)O. The molecule has 5 nitrogen and oxygen atoms in total. The van der Waals surface area contributed by atoms with Gasteiger partial charge >= 0.3 is 5.97 Å². The fourth-order valence-electron chi connectivity index (χ4n) is 3.16. The van der Waals surface area contributed by atoms with E-state index in [1.807, 2.05) is 24.3 Å². The minimum absolute atomic E-state index is 0.0361. The summed E-state index contributed by atoms with van der Waals surface area (Å²) in [5.74, 6) is -0.504. The summed E-state index contributed by atoms with van der Waals surface area (Å²) in [6, 6.07) is 0. The Balaban J connectivity index is 1.79. The van der Waals surface area contributed by atoms with Crippen LogP contribution in [0.1, 0.15) is 51.9 Å². The first kappa shape index (κ1) is 19.9. The number of hydrogen-bond donors (Lipinski definition) is 2. The summed E-state index contributed by atoms with van der Waals surface area (Å²) in [6.45, 7) is 2.07. The Kier molecular flexibility index (Phi) is 8.38. The molecule has 0 aromatic heterocycles. The average molecular weight is 350 g/mol. The first-order valence-corrected chi connectivity index (χ1v) is 9.29. The van der Waals surface area contributed by atoms with E-state index in [-0.39, 0.29) is 30.8 Å². The van der Waals surface area contributed by atoms with E-state index in [1.54, 1.807) is 0 Å². The zero-order chi connectivity index (χ0) is 18.1. The van der Waals surface area contributed by atoms with Crippen molar-refractivity contribution in [3.8, 4) is 0 Å². The molecule has 3 rings (SSSR count). The zero-order valence-electron chi connectivity index (χ0n) is 14.9. The summed E-state index contributed by atoms with van der Waals surface area (Å²) in [5.41, 5.74) is 0. The molecule has 0 aromatic rings. The minimum atomic E-state index is -0.750. The quantitative estimate of drug-likeness (QED) is 0.440. The summed E-state index contributed by atoms with van der Waals surface area (Å²) < 4.78 is 11.6. The first-order valence-electron chi connectivity index (χ1n) is 9.29. The highest BCUT2D eigenvalue weighted by Crippen LogP contribution is 2.40. The third kappa shape index (κ3) is 6.77. The Morgan fingerprint density at radius 2 is 2.04 bits per heavy atom. The summed E-state index contributed by atoms with van der Waals surface area (Å²) in [7, 11) is 0. The van der Waals surface area contributed by atoms with E-state index in [0.29, 0.717) is 12.8 Å². The first-order chi connectivity index (χ1) is 12.1. The number of carboxylic acids is 1. The highest BCUT2D eigenvalue weighted by atomic mass is 16.7. The van der Waals surface area contributed by atoms with Crippen LogP contribution in [0.25, 0.3) is 0 Å². The van der Waals surface area contributed by atoms with E-state index in [9.17, 15) is 9.90 Å². The molecule has 3 heterocycles. The smallest absolute Gasteiger partial charge is 0.303 e. The summed E-state index contributed by atoms with van der Waals surface area (Å²) >= 11 is 0. The van der Waals surface area contributed by atoms with E-state index in [1.165, 1.54) is 0 Å². The highest BCUT2D eigenvalue weighted by Gasteiger charge is 2.46. The highest BCUT2D eigenvalue weighted by molar-refractivity contribution is 5.66. The molecule has 3 saturated heterocycles. The number of carboxylic acid groups (broad SMARTS) is 1. The van der Waals surface area contributed by atoms with Gasteiger partial charge in [0.25, 0.3) is 0 Å². The Labute approximate surface area is 150 Å². The van der Waals surface area contributed by atoms with Gasteiger partial charge in [-0.2, -0.15) is 0 Å². The molecule has 0 spiro atoms. The standard InChI is InChI=1S/C20H30O5/c1-2-3-6-9-15(21)12-13-17-16(18-14-20(24-17)25-18)10-7-4-5-8-11-19(22)23/h3-4,6-7,12-13,15-18,20-21H,2,5,8-11,14H2,1H3,(H,22,23)/b6-3+,7-4-,13-12+/t15?,16?,17?,18-,20+/m1/s1. The largest absolute Gasteiger partial charge is 0.481 e. The van der Waals surface area contributed by atoms with E-state index in [0.717, 1.165) is 25.7 Å². The van der Waals surface area contributed by atoms with Crippen LogP contribution in [0.15, 0.2) is 36.5 Å². The number of hydrogen-bond acceptors (Lipinski definition) is 4. The second-order valence-corrected chi connectivity index (χ2v) is 6.67. The van der Waals surface area contributed by atoms with Gasteiger partial charge in [-0.15, -0.1) is 0 Å². The predicted octanol–water partition coefficient (Wildman–Crippen LogP) is 3.59. The van der Waals surface area contributed by atoms with Crippen LogP contribution in [-0.4, -0.2) is 40.8 Å². The average Bonchev–Trinajstić information content (AvgIpc) is 2.55. The maximum Gasteiger partial charge on any atom is 0.303 e. The number of fused-ring (bicyclic) bond motifs is 2. The van der Waals surface area contributed by atoms with Gasteiger partial charge < -0.3 is 19.7 Å². The molecule has 3 aliphatic rings. The molecule has 0 radical (unpaired) electrons. The molecule has 3 fully saturated rings. The molecule has 25 heavy (non-hydrogen) atoms. The third-order valence-electron chi connectivity index (χ3n) is 4.60. The number of aliphatic hydroxyl groups excluding tert-OH is 1. The maximum absolute atomic E-state index is 10.5. The van der Waals surface area contributed by atoms with Crippen molar-refractivity contribution in [2.24, 2.45) is 5.92 Å². The Morgan fingerprint density at radius 1 is 1.24 bits per heavy atom. The minimum Gasteiger partial charge on any atom is -0.481 e. The topological polar surface area (TPSA) is 76.0 Å². The van der Waals surface area contributed by atoms with Crippen LogP contribution in [-0.2, 0) is 14.3 Å². The van der Waals surface area contributed by atoms with Crippen LogP contribution >= 0.6 is 0 Å². The number of aliphatic hydroxyl groups is 1. The van der Waals surface area contributed by atoms with Gasteiger partial charge in [0, 0.05) is 18.8 Å². The molecule has 0 amide bonds. The number of allylic oxidation sites excluding steroid dienone is 3. The third-order valence-corrected chi connectivity index (χ3v) is 4.60. The predicted molar refractivity (Wildman–Crippen MR) is 96.1 cm³/mol. The van der Waals surface area contributed by atoms with E-state index < -0.39 is 12.1 Å². The molecular formula is C20H30O5. The van der Waals surface area contributed by atoms with E-state index in [2.05, 4.69) is 19.1 Å². The van der Waals surface area contributed by atoms with Crippen molar-refractivity contribution in [2.45, 2.75) is 76.5 Å². The van der Waals surface area contributed by atoms with Crippen molar-refractivity contribution in [2.75, 3.05) is 0 Å². The van der Waals surface area contributed by atoms with Crippen molar-refractivity contribution in [3.05, 3.63) is 36.5 Å². The lowest BCUT2D eigenvalue weighted by atomic mass is 9.84. The lowest BCUT2D eigenvalue weighted by Gasteiger charge is -2.49. The van der Waals surface area contributed by atoms with Gasteiger partial charge in [0.2, 0.25) is 0 Å². The van der Waals surface area contributed by atoms with Gasteiger partial charge in [0.1, 0.15) is 0 Å². The Bertz CT molecular complexity index is 490. The number of ether oxygens (including phenoxy) is 2. The van der Waals surface area contributed by atoms with Crippen LogP contribution in [0.2, 0.25) is 0 Å². The number of carbonyl (C=O) groups is 1. The van der Waals surface area contributed by atoms with E-state index >= 15 is 0 Å². The maximum atomic E-state index is 10.5. The summed E-state index contributed by atoms with van der Waals surface area (Å²) in [6.07, 6.45) is 16.6.